The second kappa shape index (κ2) is 7.18. The number of nitrogens with one attached hydrogen (secondary N) is 2. The number of hydrogen-bond donors (Lipinski definition) is 2. The zero-order valence-corrected chi connectivity index (χ0v) is 13.3. The molecular weight excluding hydrogens is 332 g/mol. The van der Waals surface area contributed by atoms with Crippen molar-refractivity contribution in [2.24, 2.45) is 0 Å². The Morgan fingerprint density at radius 2 is 2.33 bits per heavy atom. The van der Waals surface area contributed by atoms with Crippen molar-refractivity contribution in [2.75, 3.05) is 13.1 Å². The number of amides is 3. The summed E-state index contributed by atoms with van der Waals surface area (Å²) in [6.45, 7) is 0.0859. The molecule has 0 spiro atoms. The minimum absolute atomic E-state index is 0.236. The monoisotopic (exact) mass is 346 g/mol. The van der Waals surface area contributed by atoms with Gasteiger partial charge in [0, 0.05) is 30.9 Å². The lowest BCUT2D eigenvalue weighted by molar-refractivity contribution is -0.129. The molecule has 3 heterocycles. The molecule has 2 aromatic rings. The molecule has 2 N–H and O–H groups in total. The van der Waals surface area contributed by atoms with Gasteiger partial charge in [-0.2, -0.15) is 0 Å². The van der Waals surface area contributed by atoms with Gasteiger partial charge in [-0.3, -0.25) is 19.3 Å². The van der Waals surface area contributed by atoms with Crippen LogP contribution >= 0.6 is 11.8 Å². The van der Waals surface area contributed by atoms with Gasteiger partial charge in [-0.25, -0.2) is 4.98 Å². The summed E-state index contributed by atoms with van der Waals surface area (Å²) in [4.78, 5) is 44.0. The van der Waals surface area contributed by atoms with E-state index in [1.54, 1.807) is 24.7 Å². The number of aromatic nitrogens is 2. The molecule has 1 aliphatic heterocycles. The first-order valence-electron chi connectivity index (χ1n) is 7.16. The van der Waals surface area contributed by atoms with Crippen molar-refractivity contribution in [1.82, 2.24) is 20.2 Å². The van der Waals surface area contributed by atoms with Crippen LogP contribution < -0.4 is 5.32 Å². The highest BCUT2D eigenvalue weighted by atomic mass is 32.2. The standard InChI is InChI=1S/C15H14N4O4S/c20-13(17-4-3-10-7-16-9-18-10)8-19-14(21)12(24-15(19)22)6-11-2-1-5-23-11/h1-2,5-7,9H,3-4,8H2,(H,16,18)(H,17,20). The van der Waals surface area contributed by atoms with Gasteiger partial charge in [0.1, 0.15) is 12.3 Å². The topological polar surface area (TPSA) is 108 Å². The van der Waals surface area contributed by atoms with Crippen molar-refractivity contribution < 1.29 is 18.8 Å². The highest BCUT2D eigenvalue weighted by Gasteiger charge is 2.36. The van der Waals surface area contributed by atoms with E-state index in [0.717, 1.165) is 22.4 Å². The van der Waals surface area contributed by atoms with Crippen LogP contribution in [-0.4, -0.2) is 45.0 Å². The normalized spacial score (nSPS) is 16.2. The van der Waals surface area contributed by atoms with E-state index in [-0.39, 0.29) is 11.4 Å². The second-order valence-electron chi connectivity index (χ2n) is 4.96. The van der Waals surface area contributed by atoms with Crippen molar-refractivity contribution in [3.05, 3.63) is 47.3 Å². The molecule has 1 fully saturated rings. The number of carbonyl (C=O) groups excluding carboxylic acids is 3. The average Bonchev–Trinajstić information content (AvgIpc) is 3.28. The summed E-state index contributed by atoms with van der Waals surface area (Å²) in [6, 6.07) is 3.36. The Kier molecular flexibility index (Phi) is 4.80. The minimum Gasteiger partial charge on any atom is -0.465 e. The fourth-order valence-corrected chi connectivity index (χ4v) is 2.91. The smallest absolute Gasteiger partial charge is 0.294 e. The number of furan rings is 1. The van der Waals surface area contributed by atoms with Gasteiger partial charge >= 0.3 is 0 Å². The molecule has 1 aliphatic rings. The van der Waals surface area contributed by atoms with E-state index < -0.39 is 17.1 Å². The maximum atomic E-state index is 12.2. The Bertz CT molecular complexity index is 768. The SMILES string of the molecule is O=C(CN1C(=O)SC(=Cc2ccco2)C1=O)NCCc1cnc[nH]1. The number of carbonyl (C=O) groups is 3. The molecular formula is C15H14N4O4S. The summed E-state index contributed by atoms with van der Waals surface area (Å²) in [5.41, 5.74) is 0.892. The summed E-state index contributed by atoms with van der Waals surface area (Å²) in [6.07, 6.45) is 6.78. The number of nitrogens with zero attached hydrogens (tertiary/aromatic N) is 2. The molecule has 9 heteroatoms. The summed E-state index contributed by atoms with van der Waals surface area (Å²) >= 11 is 0.789. The average molecular weight is 346 g/mol. The Morgan fingerprint density at radius 3 is 3.04 bits per heavy atom. The first kappa shape index (κ1) is 16.1. The van der Waals surface area contributed by atoms with E-state index in [4.69, 9.17) is 4.42 Å². The molecule has 0 unspecified atom stereocenters. The maximum Gasteiger partial charge on any atom is 0.294 e. The highest BCUT2D eigenvalue weighted by molar-refractivity contribution is 8.18. The summed E-state index contributed by atoms with van der Waals surface area (Å²) in [5.74, 6) is -0.411. The number of imide groups is 1. The van der Waals surface area contributed by atoms with E-state index in [2.05, 4.69) is 15.3 Å². The van der Waals surface area contributed by atoms with Gasteiger partial charge in [0.25, 0.3) is 11.1 Å². The third-order valence-electron chi connectivity index (χ3n) is 3.26. The first-order valence-corrected chi connectivity index (χ1v) is 7.98. The van der Waals surface area contributed by atoms with Gasteiger partial charge in [-0.1, -0.05) is 0 Å². The van der Waals surface area contributed by atoms with Crippen LogP contribution in [0.4, 0.5) is 4.79 Å². The van der Waals surface area contributed by atoms with E-state index in [9.17, 15) is 14.4 Å². The number of thioether (sulfide) groups is 1. The van der Waals surface area contributed by atoms with Crippen LogP contribution in [0.3, 0.4) is 0 Å². The van der Waals surface area contributed by atoms with Crippen LogP contribution in [0.15, 0.2) is 40.2 Å². The number of H-pyrrole nitrogens is 1. The van der Waals surface area contributed by atoms with Crippen LogP contribution in [0, 0.1) is 0 Å². The molecule has 0 radical (unpaired) electrons. The van der Waals surface area contributed by atoms with Crippen LogP contribution in [-0.2, 0) is 16.0 Å². The minimum atomic E-state index is -0.495. The predicted octanol–water partition coefficient (Wildman–Crippen LogP) is 1.40. The molecule has 0 atom stereocenters. The molecule has 0 bridgehead atoms. The second-order valence-corrected chi connectivity index (χ2v) is 5.95. The predicted molar refractivity (Wildman–Crippen MR) is 86.7 cm³/mol. The Labute approximate surface area is 141 Å². The van der Waals surface area contributed by atoms with Crippen LogP contribution in [0.1, 0.15) is 11.5 Å². The Hall–Kier alpha value is -2.81. The maximum absolute atomic E-state index is 12.2. The van der Waals surface area contributed by atoms with E-state index in [1.165, 1.54) is 12.3 Å². The largest absolute Gasteiger partial charge is 0.465 e. The van der Waals surface area contributed by atoms with Crippen LogP contribution in [0.2, 0.25) is 0 Å². The molecule has 3 amide bonds. The number of rotatable bonds is 6. The molecule has 0 saturated carbocycles. The highest BCUT2D eigenvalue weighted by Crippen LogP contribution is 2.31. The van der Waals surface area contributed by atoms with Gasteiger partial charge in [0.05, 0.1) is 17.5 Å². The van der Waals surface area contributed by atoms with Crippen molar-refractivity contribution in [1.29, 1.82) is 0 Å². The molecule has 3 rings (SSSR count). The van der Waals surface area contributed by atoms with Crippen LogP contribution in [0.25, 0.3) is 6.08 Å². The molecule has 124 valence electrons. The van der Waals surface area contributed by atoms with Gasteiger partial charge in [-0.05, 0) is 23.9 Å². The molecule has 0 aromatic carbocycles. The van der Waals surface area contributed by atoms with Gasteiger partial charge < -0.3 is 14.7 Å². The van der Waals surface area contributed by atoms with Gasteiger partial charge in [0.2, 0.25) is 5.91 Å². The fourth-order valence-electron chi connectivity index (χ4n) is 2.10. The zero-order chi connectivity index (χ0) is 16.9. The third kappa shape index (κ3) is 3.74. The summed E-state index contributed by atoms with van der Waals surface area (Å²) in [5, 5.41) is 2.20. The summed E-state index contributed by atoms with van der Waals surface area (Å²) in [7, 11) is 0. The van der Waals surface area contributed by atoms with Crippen LogP contribution in [0.5, 0.6) is 0 Å². The molecule has 24 heavy (non-hydrogen) atoms. The lowest BCUT2D eigenvalue weighted by Gasteiger charge is -2.12. The van der Waals surface area contributed by atoms with Crippen molar-refractivity contribution in [3.8, 4) is 0 Å². The molecule has 2 aromatic heterocycles. The lowest BCUT2D eigenvalue weighted by atomic mass is 10.3. The molecule has 1 saturated heterocycles. The van der Waals surface area contributed by atoms with E-state index in [0.29, 0.717) is 18.7 Å². The number of aromatic amines is 1. The van der Waals surface area contributed by atoms with Crippen molar-refractivity contribution >= 4 is 34.9 Å². The van der Waals surface area contributed by atoms with E-state index in [1.807, 2.05) is 0 Å². The zero-order valence-electron chi connectivity index (χ0n) is 12.5. The third-order valence-corrected chi connectivity index (χ3v) is 4.17. The number of hydrogen-bond acceptors (Lipinski definition) is 6. The Balaban J connectivity index is 1.53. The molecule has 0 aliphatic carbocycles. The lowest BCUT2D eigenvalue weighted by Crippen LogP contribution is -2.40. The first-order chi connectivity index (χ1) is 11.6. The van der Waals surface area contributed by atoms with Gasteiger partial charge in [0.15, 0.2) is 0 Å². The fraction of sp³-hybridized carbons (Fsp3) is 0.200. The quantitative estimate of drug-likeness (QED) is 0.766. The number of imidazole rings is 1. The van der Waals surface area contributed by atoms with Crippen molar-refractivity contribution in [3.63, 3.8) is 0 Å². The van der Waals surface area contributed by atoms with Crippen molar-refractivity contribution in [2.45, 2.75) is 6.42 Å². The Morgan fingerprint density at radius 1 is 1.46 bits per heavy atom. The van der Waals surface area contributed by atoms with Gasteiger partial charge in [-0.15, -0.1) is 0 Å². The summed E-state index contributed by atoms with van der Waals surface area (Å²) < 4.78 is 5.12. The molecule has 8 nitrogen and oxygen atoms in total. The van der Waals surface area contributed by atoms with E-state index >= 15 is 0 Å².